The van der Waals surface area contributed by atoms with E-state index in [2.05, 4.69) is 20.0 Å². The Bertz CT molecular complexity index is 682. The molecule has 1 fully saturated rings. The third-order valence-corrected chi connectivity index (χ3v) is 3.82. The normalized spacial score (nSPS) is 15.0. The Kier molecular flexibility index (Phi) is 4.71. The zero-order valence-electron chi connectivity index (χ0n) is 13.1. The van der Waals surface area contributed by atoms with Crippen molar-refractivity contribution in [2.75, 3.05) is 13.1 Å². The van der Waals surface area contributed by atoms with Crippen molar-refractivity contribution in [2.24, 2.45) is 5.16 Å². The van der Waals surface area contributed by atoms with E-state index in [4.69, 9.17) is 4.74 Å². The van der Waals surface area contributed by atoms with Crippen LogP contribution in [-0.4, -0.2) is 39.0 Å². The topological polar surface area (TPSA) is 70.8 Å². The lowest BCUT2D eigenvalue weighted by Crippen LogP contribution is -2.29. The van der Waals surface area contributed by atoms with E-state index in [1.165, 1.54) is 0 Å². The number of hydrogen-bond acceptors (Lipinski definition) is 5. The molecule has 0 atom stereocenters. The second kappa shape index (κ2) is 7.09. The van der Waals surface area contributed by atoms with Crippen LogP contribution in [0.5, 0.6) is 5.88 Å². The number of rotatable bonds is 4. The summed E-state index contributed by atoms with van der Waals surface area (Å²) < 4.78 is 5.85. The molecule has 1 aliphatic heterocycles. The largest absolute Gasteiger partial charge is 0.471 e. The SMILES string of the molecule is Cc1ccc(/C(=N/O)N2CCCC2)c(OCc2ccccn2)n1. The molecule has 3 rings (SSSR count). The molecule has 1 N–H and O–H groups in total. The summed E-state index contributed by atoms with van der Waals surface area (Å²) in [5, 5.41) is 13.0. The van der Waals surface area contributed by atoms with Crippen LogP contribution in [0.2, 0.25) is 0 Å². The van der Waals surface area contributed by atoms with Gasteiger partial charge in [0.25, 0.3) is 0 Å². The lowest BCUT2D eigenvalue weighted by Gasteiger charge is -2.20. The molecule has 6 nitrogen and oxygen atoms in total. The van der Waals surface area contributed by atoms with Crippen molar-refractivity contribution in [3.05, 3.63) is 53.5 Å². The first-order valence-electron chi connectivity index (χ1n) is 7.75. The average Bonchev–Trinajstić information content (AvgIpc) is 3.10. The minimum absolute atomic E-state index is 0.322. The van der Waals surface area contributed by atoms with Crippen molar-refractivity contribution >= 4 is 5.84 Å². The molecule has 0 amide bonds. The minimum Gasteiger partial charge on any atom is -0.471 e. The smallest absolute Gasteiger partial charge is 0.225 e. The highest BCUT2D eigenvalue weighted by Crippen LogP contribution is 2.22. The summed E-state index contributed by atoms with van der Waals surface area (Å²) in [4.78, 5) is 10.8. The molecule has 0 radical (unpaired) electrons. The van der Waals surface area contributed by atoms with Crippen LogP contribution >= 0.6 is 0 Å². The van der Waals surface area contributed by atoms with Crippen molar-refractivity contribution in [3.63, 3.8) is 0 Å². The number of ether oxygens (including phenoxy) is 1. The van der Waals surface area contributed by atoms with Crippen LogP contribution in [0, 0.1) is 6.92 Å². The van der Waals surface area contributed by atoms with E-state index in [1.807, 2.05) is 37.3 Å². The third kappa shape index (κ3) is 3.59. The van der Waals surface area contributed by atoms with E-state index in [0.717, 1.165) is 37.3 Å². The van der Waals surface area contributed by atoms with Crippen molar-refractivity contribution in [1.82, 2.24) is 14.9 Å². The average molecular weight is 312 g/mol. The van der Waals surface area contributed by atoms with Crippen LogP contribution in [-0.2, 0) is 6.61 Å². The Morgan fingerprint density at radius 3 is 2.78 bits per heavy atom. The van der Waals surface area contributed by atoms with Gasteiger partial charge in [0.2, 0.25) is 5.88 Å². The van der Waals surface area contributed by atoms with Gasteiger partial charge in [0.1, 0.15) is 6.61 Å². The number of aromatic nitrogens is 2. The van der Waals surface area contributed by atoms with Crippen molar-refractivity contribution in [1.29, 1.82) is 0 Å². The predicted octanol–water partition coefficient (Wildman–Crippen LogP) is 2.60. The van der Waals surface area contributed by atoms with Crippen LogP contribution in [0.3, 0.4) is 0 Å². The molecule has 0 unspecified atom stereocenters. The summed E-state index contributed by atoms with van der Waals surface area (Å²) in [5.74, 6) is 0.987. The van der Waals surface area contributed by atoms with Crippen molar-refractivity contribution in [2.45, 2.75) is 26.4 Å². The molecular formula is C17H20N4O2. The van der Waals surface area contributed by atoms with E-state index in [1.54, 1.807) is 6.20 Å². The number of likely N-dealkylation sites (tertiary alicyclic amines) is 1. The Balaban J connectivity index is 1.85. The van der Waals surface area contributed by atoms with Gasteiger partial charge >= 0.3 is 0 Å². The zero-order valence-corrected chi connectivity index (χ0v) is 13.1. The van der Waals surface area contributed by atoms with Gasteiger partial charge < -0.3 is 14.8 Å². The van der Waals surface area contributed by atoms with Crippen LogP contribution in [0.4, 0.5) is 0 Å². The lowest BCUT2D eigenvalue weighted by molar-refractivity contribution is 0.284. The summed E-state index contributed by atoms with van der Waals surface area (Å²) in [5.41, 5.74) is 2.38. The Hall–Kier alpha value is -2.63. The fourth-order valence-corrected chi connectivity index (χ4v) is 2.66. The maximum absolute atomic E-state index is 9.47. The first-order valence-corrected chi connectivity index (χ1v) is 7.75. The molecule has 0 saturated carbocycles. The van der Waals surface area contributed by atoms with E-state index in [0.29, 0.717) is 23.9 Å². The highest BCUT2D eigenvalue weighted by Gasteiger charge is 2.22. The first kappa shape index (κ1) is 15.3. The van der Waals surface area contributed by atoms with Gasteiger partial charge in [-0.1, -0.05) is 11.2 Å². The molecular weight excluding hydrogens is 292 g/mol. The molecule has 3 heterocycles. The fraction of sp³-hybridized carbons (Fsp3) is 0.353. The third-order valence-electron chi connectivity index (χ3n) is 3.82. The van der Waals surface area contributed by atoms with E-state index < -0.39 is 0 Å². The molecule has 0 bridgehead atoms. The van der Waals surface area contributed by atoms with Gasteiger partial charge in [0.05, 0.1) is 11.3 Å². The highest BCUT2D eigenvalue weighted by molar-refractivity contribution is 6.00. The highest BCUT2D eigenvalue weighted by atomic mass is 16.5. The number of hydrogen-bond donors (Lipinski definition) is 1. The molecule has 23 heavy (non-hydrogen) atoms. The monoisotopic (exact) mass is 312 g/mol. The van der Waals surface area contributed by atoms with E-state index in [-0.39, 0.29) is 0 Å². The molecule has 0 aliphatic carbocycles. The van der Waals surface area contributed by atoms with Gasteiger partial charge in [-0.2, -0.15) is 0 Å². The van der Waals surface area contributed by atoms with E-state index in [9.17, 15) is 5.21 Å². The Labute approximate surface area is 135 Å². The summed E-state index contributed by atoms with van der Waals surface area (Å²) in [7, 11) is 0. The number of pyridine rings is 2. The molecule has 0 aromatic carbocycles. The predicted molar refractivity (Wildman–Crippen MR) is 86.7 cm³/mol. The summed E-state index contributed by atoms with van der Waals surface area (Å²) in [6.07, 6.45) is 3.93. The van der Waals surface area contributed by atoms with Crippen LogP contribution in [0.15, 0.2) is 41.7 Å². The van der Waals surface area contributed by atoms with Gasteiger partial charge in [-0.25, -0.2) is 4.98 Å². The molecule has 1 aliphatic rings. The number of oxime groups is 1. The second-order valence-corrected chi connectivity index (χ2v) is 5.53. The number of aryl methyl sites for hydroxylation is 1. The second-order valence-electron chi connectivity index (χ2n) is 5.53. The van der Waals surface area contributed by atoms with Gasteiger partial charge in [0, 0.05) is 25.0 Å². The van der Waals surface area contributed by atoms with E-state index >= 15 is 0 Å². The summed E-state index contributed by atoms with van der Waals surface area (Å²) in [6.45, 7) is 3.99. The summed E-state index contributed by atoms with van der Waals surface area (Å²) >= 11 is 0. The van der Waals surface area contributed by atoms with Gasteiger partial charge in [-0.05, 0) is 44.0 Å². The van der Waals surface area contributed by atoms with Gasteiger partial charge in [-0.3, -0.25) is 4.98 Å². The molecule has 0 spiro atoms. The van der Waals surface area contributed by atoms with Crippen LogP contribution in [0.1, 0.15) is 29.8 Å². The Morgan fingerprint density at radius 2 is 2.09 bits per heavy atom. The lowest BCUT2D eigenvalue weighted by atomic mass is 10.2. The fourth-order valence-electron chi connectivity index (χ4n) is 2.66. The maximum atomic E-state index is 9.47. The molecule has 1 saturated heterocycles. The van der Waals surface area contributed by atoms with Crippen LogP contribution < -0.4 is 4.74 Å². The quantitative estimate of drug-likeness (QED) is 0.407. The van der Waals surface area contributed by atoms with Crippen molar-refractivity contribution < 1.29 is 9.94 Å². The standard InChI is InChI=1S/C17H20N4O2/c1-13-7-8-15(16(20-22)21-10-4-5-11-21)17(19-13)23-12-14-6-2-3-9-18-14/h2-3,6-9,22H,4-5,10-12H2,1H3/b20-16-. The molecule has 6 heteroatoms. The summed E-state index contributed by atoms with van der Waals surface area (Å²) in [6, 6.07) is 9.47. The molecule has 120 valence electrons. The Morgan fingerprint density at radius 1 is 1.26 bits per heavy atom. The number of nitrogens with zero attached hydrogens (tertiary/aromatic N) is 4. The number of amidine groups is 1. The maximum Gasteiger partial charge on any atom is 0.225 e. The molecule has 2 aromatic rings. The minimum atomic E-state index is 0.322. The van der Waals surface area contributed by atoms with Crippen molar-refractivity contribution in [3.8, 4) is 5.88 Å². The first-order chi connectivity index (χ1) is 11.3. The van der Waals surface area contributed by atoms with Gasteiger partial charge in [-0.15, -0.1) is 0 Å². The molecule has 2 aromatic heterocycles. The zero-order chi connectivity index (χ0) is 16.1. The van der Waals surface area contributed by atoms with Crippen LogP contribution in [0.25, 0.3) is 0 Å². The van der Waals surface area contributed by atoms with Gasteiger partial charge in [0.15, 0.2) is 5.84 Å².